The van der Waals surface area contributed by atoms with Gasteiger partial charge in [0, 0.05) is 27.7 Å². The fourth-order valence-electron chi connectivity index (χ4n) is 2.35. The SMILES string of the molecule is COc1cccc(C(=O)Cn2ccc3cc(Cl)ccc32)c1. The number of fused-ring (bicyclic) bond motifs is 1. The highest BCUT2D eigenvalue weighted by Gasteiger charge is 2.10. The van der Waals surface area contributed by atoms with Gasteiger partial charge in [-0.05, 0) is 36.4 Å². The summed E-state index contributed by atoms with van der Waals surface area (Å²) >= 11 is 5.97. The van der Waals surface area contributed by atoms with Crippen molar-refractivity contribution >= 4 is 28.3 Å². The number of hydrogen-bond acceptors (Lipinski definition) is 2. The number of hydrogen-bond donors (Lipinski definition) is 0. The van der Waals surface area contributed by atoms with Crippen molar-refractivity contribution in [1.82, 2.24) is 4.57 Å². The first-order valence-electron chi connectivity index (χ1n) is 6.59. The molecule has 3 rings (SSSR count). The summed E-state index contributed by atoms with van der Waals surface area (Å²) in [5.74, 6) is 0.728. The summed E-state index contributed by atoms with van der Waals surface area (Å²) in [7, 11) is 1.59. The van der Waals surface area contributed by atoms with E-state index in [4.69, 9.17) is 16.3 Å². The molecule has 0 aliphatic rings. The lowest BCUT2D eigenvalue weighted by Gasteiger charge is -2.06. The standard InChI is InChI=1S/C17H14ClNO2/c1-21-15-4-2-3-13(10-15)17(20)11-19-8-7-12-9-14(18)5-6-16(12)19/h2-10H,11H2,1H3. The average molecular weight is 300 g/mol. The van der Waals surface area contributed by atoms with E-state index in [1.165, 1.54) is 0 Å². The van der Waals surface area contributed by atoms with Crippen LogP contribution in [0.5, 0.6) is 5.75 Å². The second-order valence-electron chi connectivity index (χ2n) is 4.80. The first-order valence-corrected chi connectivity index (χ1v) is 6.97. The molecule has 3 aromatic rings. The van der Waals surface area contributed by atoms with E-state index in [0.29, 0.717) is 16.3 Å². The number of Topliss-reactive ketones (excluding diaryl/α,β-unsaturated/α-hetero) is 1. The van der Waals surface area contributed by atoms with Crippen molar-refractivity contribution in [1.29, 1.82) is 0 Å². The molecule has 0 aliphatic carbocycles. The lowest BCUT2D eigenvalue weighted by atomic mass is 10.1. The molecule has 0 N–H and O–H groups in total. The summed E-state index contributed by atoms with van der Waals surface area (Å²) in [6, 6.07) is 14.8. The van der Waals surface area contributed by atoms with Gasteiger partial charge in [-0.1, -0.05) is 23.7 Å². The number of carbonyl (C=O) groups excluding carboxylic acids is 1. The molecule has 0 spiro atoms. The van der Waals surface area contributed by atoms with Crippen LogP contribution in [0.4, 0.5) is 0 Å². The van der Waals surface area contributed by atoms with Crippen LogP contribution < -0.4 is 4.74 Å². The van der Waals surface area contributed by atoms with Crippen LogP contribution in [0.25, 0.3) is 10.9 Å². The van der Waals surface area contributed by atoms with Gasteiger partial charge < -0.3 is 9.30 Å². The van der Waals surface area contributed by atoms with E-state index in [9.17, 15) is 4.79 Å². The number of ether oxygens (including phenoxy) is 1. The van der Waals surface area contributed by atoms with Crippen LogP contribution in [0.2, 0.25) is 5.02 Å². The van der Waals surface area contributed by atoms with E-state index >= 15 is 0 Å². The van der Waals surface area contributed by atoms with Gasteiger partial charge in [0.25, 0.3) is 0 Å². The van der Waals surface area contributed by atoms with Gasteiger partial charge in [-0.25, -0.2) is 0 Å². The zero-order chi connectivity index (χ0) is 14.8. The Morgan fingerprint density at radius 3 is 2.86 bits per heavy atom. The highest BCUT2D eigenvalue weighted by Crippen LogP contribution is 2.21. The zero-order valence-electron chi connectivity index (χ0n) is 11.5. The molecule has 0 saturated heterocycles. The molecule has 4 heteroatoms. The van der Waals surface area contributed by atoms with Crippen molar-refractivity contribution < 1.29 is 9.53 Å². The molecule has 0 radical (unpaired) electrons. The molecule has 21 heavy (non-hydrogen) atoms. The van der Waals surface area contributed by atoms with E-state index in [2.05, 4.69) is 0 Å². The normalized spacial score (nSPS) is 10.8. The third kappa shape index (κ3) is 2.78. The molecule has 106 valence electrons. The second kappa shape index (κ2) is 5.62. The maximum absolute atomic E-state index is 12.4. The molecule has 0 amide bonds. The van der Waals surface area contributed by atoms with Gasteiger partial charge in [0.05, 0.1) is 13.7 Å². The summed E-state index contributed by atoms with van der Waals surface area (Å²) in [6.45, 7) is 0.290. The minimum atomic E-state index is 0.0429. The molecule has 2 aromatic carbocycles. The lowest BCUT2D eigenvalue weighted by molar-refractivity contribution is 0.0973. The molecule has 0 saturated carbocycles. The summed E-state index contributed by atoms with van der Waals surface area (Å²) in [5.41, 5.74) is 1.64. The minimum Gasteiger partial charge on any atom is -0.497 e. The number of aromatic nitrogens is 1. The Morgan fingerprint density at radius 2 is 2.05 bits per heavy atom. The van der Waals surface area contributed by atoms with Gasteiger partial charge >= 0.3 is 0 Å². The number of benzene rings is 2. The molecule has 3 nitrogen and oxygen atoms in total. The molecule has 1 aromatic heterocycles. The Balaban J connectivity index is 1.89. The Bertz CT molecular complexity index is 807. The highest BCUT2D eigenvalue weighted by molar-refractivity contribution is 6.31. The average Bonchev–Trinajstić information content (AvgIpc) is 2.89. The first kappa shape index (κ1) is 13.7. The van der Waals surface area contributed by atoms with Crippen molar-refractivity contribution in [3.8, 4) is 5.75 Å². The van der Waals surface area contributed by atoms with E-state index < -0.39 is 0 Å². The van der Waals surface area contributed by atoms with Gasteiger partial charge in [0.15, 0.2) is 5.78 Å². The number of halogens is 1. The monoisotopic (exact) mass is 299 g/mol. The Labute approximate surface area is 127 Å². The third-order valence-corrected chi connectivity index (χ3v) is 3.67. The van der Waals surface area contributed by atoms with Crippen LogP contribution in [0, 0.1) is 0 Å². The maximum Gasteiger partial charge on any atom is 0.182 e. The molecular weight excluding hydrogens is 286 g/mol. The van der Waals surface area contributed by atoms with Crippen molar-refractivity contribution in [3.05, 3.63) is 65.3 Å². The van der Waals surface area contributed by atoms with Gasteiger partial charge in [-0.2, -0.15) is 0 Å². The number of nitrogens with zero attached hydrogens (tertiary/aromatic N) is 1. The molecule has 0 fully saturated rings. The van der Waals surface area contributed by atoms with Gasteiger partial charge in [0.1, 0.15) is 5.75 Å². The van der Waals surface area contributed by atoms with Gasteiger partial charge in [-0.3, -0.25) is 4.79 Å². The molecule has 1 heterocycles. The smallest absolute Gasteiger partial charge is 0.182 e. The lowest BCUT2D eigenvalue weighted by Crippen LogP contribution is -2.09. The van der Waals surface area contributed by atoms with Crippen LogP contribution >= 0.6 is 11.6 Å². The second-order valence-corrected chi connectivity index (χ2v) is 5.24. The van der Waals surface area contributed by atoms with Gasteiger partial charge in [0.2, 0.25) is 0 Å². The fraction of sp³-hybridized carbons (Fsp3) is 0.118. The largest absolute Gasteiger partial charge is 0.497 e. The van der Waals surface area contributed by atoms with Crippen molar-refractivity contribution in [3.63, 3.8) is 0 Å². The highest BCUT2D eigenvalue weighted by atomic mass is 35.5. The molecule has 0 aliphatic heterocycles. The Morgan fingerprint density at radius 1 is 1.19 bits per heavy atom. The van der Waals surface area contributed by atoms with Crippen molar-refractivity contribution in [2.45, 2.75) is 6.54 Å². The van der Waals surface area contributed by atoms with Crippen LogP contribution in [0.3, 0.4) is 0 Å². The molecular formula is C17H14ClNO2. The molecule has 0 atom stereocenters. The summed E-state index contributed by atoms with van der Waals surface area (Å²) in [6.07, 6.45) is 1.90. The first-order chi connectivity index (χ1) is 10.2. The van der Waals surface area contributed by atoms with Crippen molar-refractivity contribution in [2.75, 3.05) is 7.11 Å². The molecule has 0 unspecified atom stereocenters. The maximum atomic E-state index is 12.4. The van der Waals surface area contributed by atoms with Crippen molar-refractivity contribution in [2.24, 2.45) is 0 Å². The fourth-order valence-corrected chi connectivity index (χ4v) is 2.53. The summed E-state index contributed by atoms with van der Waals surface area (Å²) in [4.78, 5) is 12.4. The number of rotatable bonds is 4. The quantitative estimate of drug-likeness (QED) is 0.677. The number of methoxy groups -OCH3 is 1. The predicted molar refractivity (Wildman–Crippen MR) is 84.3 cm³/mol. The van der Waals surface area contributed by atoms with Crippen LogP contribution in [0.1, 0.15) is 10.4 Å². The summed E-state index contributed by atoms with van der Waals surface area (Å²) in [5, 5.41) is 1.72. The van der Waals surface area contributed by atoms with Crippen LogP contribution in [0.15, 0.2) is 54.7 Å². The Hall–Kier alpha value is -2.26. The third-order valence-electron chi connectivity index (χ3n) is 3.44. The number of carbonyl (C=O) groups is 1. The zero-order valence-corrected chi connectivity index (χ0v) is 12.3. The minimum absolute atomic E-state index is 0.0429. The number of ketones is 1. The van der Waals surface area contributed by atoms with E-state index in [-0.39, 0.29) is 12.3 Å². The molecule has 0 bridgehead atoms. The topological polar surface area (TPSA) is 31.2 Å². The van der Waals surface area contributed by atoms with Crippen LogP contribution in [-0.2, 0) is 6.54 Å². The summed E-state index contributed by atoms with van der Waals surface area (Å²) < 4.78 is 7.07. The Kier molecular flexibility index (Phi) is 3.67. The van der Waals surface area contributed by atoms with E-state index in [1.807, 2.05) is 47.2 Å². The van der Waals surface area contributed by atoms with Gasteiger partial charge in [-0.15, -0.1) is 0 Å². The van der Waals surface area contributed by atoms with E-state index in [1.54, 1.807) is 19.2 Å². The van der Waals surface area contributed by atoms with E-state index in [0.717, 1.165) is 10.9 Å². The predicted octanol–water partition coefficient (Wildman–Crippen LogP) is 4.19. The van der Waals surface area contributed by atoms with Crippen LogP contribution in [-0.4, -0.2) is 17.5 Å².